The van der Waals surface area contributed by atoms with Crippen molar-refractivity contribution in [2.75, 3.05) is 18.9 Å². The van der Waals surface area contributed by atoms with Gasteiger partial charge in [-0.3, -0.25) is 15.0 Å². The molecule has 1 aliphatic heterocycles. The molecule has 2 unspecified atom stereocenters. The summed E-state index contributed by atoms with van der Waals surface area (Å²) in [7, 11) is 1.76. The molecule has 5 nitrogen and oxygen atoms in total. The largest absolute Gasteiger partial charge is 0.382 e. The first kappa shape index (κ1) is 14.3. The van der Waals surface area contributed by atoms with E-state index in [9.17, 15) is 10.1 Å². The van der Waals surface area contributed by atoms with Crippen LogP contribution in [0.3, 0.4) is 0 Å². The molecule has 0 spiro atoms. The molecule has 1 aromatic carbocycles. The second-order valence-electron chi connectivity index (χ2n) is 6.19. The van der Waals surface area contributed by atoms with Gasteiger partial charge in [0.15, 0.2) is 0 Å². The third-order valence-electron chi connectivity index (χ3n) is 5.07. The third-order valence-corrected chi connectivity index (χ3v) is 5.07. The minimum atomic E-state index is -0.303. The van der Waals surface area contributed by atoms with E-state index in [-0.39, 0.29) is 10.6 Å². The first-order valence-corrected chi connectivity index (χ1v) is 7.89. The Bertz CT molecular complexity index is 532. The van der Waals surface area contributed by atoms with Crippen LogP contribution in [0.2, 0.25) is 0 Å². The molecule has 1 aromatic rings. The molecule has 1 heterocycles. The van der Waals surface area contributed by atoms with Crippen LogP contribution in [0.15, 0.2) is 18.2 Å². The zero-order valence-electron chi connectivity index (χ0n) is 12.5. The molecular weight excluding hydrogens is 266 g/mol. The summed E-state index contributed by atoms with van der Waals surface area (Å²) in [5.41, 5.74) is 1.88. The van der Waals surface area contributed by atoms with Crippen LogP contribution in [0.1, 0.15) is 37.7 Å². The highest BCUT2D eigenvalue weighted by Gasteiger charge is 2.35. The molecular formula is C16H23N3O2. The van der Waals surface area contributed by atoms with Gasteiger partial charge in [0.25, 0.3) is 5.69 Å². The fourth-order valence-electron chi connectivity index (χ4n) is 4.08. The zero-order valence-corrected chi connectivity index (χ0v) is 12.5. The first-order valence-electron chi connectivity index (χ1n) is 7.89. The Hall–Kier alpha value is -1.62. The van der Waals surface area contributed by atoms with Gasteiger partial charge in [0.2, 0.25) is 0 Å². The van der Waals surface area contributed by atoms with Crippen LogP contribution in [0.4, 0.5) is 11.4 Å². The molecule has 1 saturated heterocycles. The second-order valence-corrected chi connectivity index (χ2v) is 6.19. The lowest BCUT2D eigenvalue weighted by atomic mass is 9.85. The summed E-state index contributed by atoms with van der Waals surface area (Å²) in [5, 5.41) is 14.2. The lowest BCUT2D eigenvalue weighted by molar-refractivity contribution is -0.384. The molecule has 2 aliphatic rings. The Balaban J connectivity index is 1.81. The Morgan fingerprint density at radius 3 is 2.90 bits per heavy atom. The van der Waals surface area contributed by atoms with Gasteiger partial charge in [-0.1, -0.05) is 25.0 Å². The number of nitro groups is 1. The number of hydrogen-bond donors (Lipinski definition) is 1. The molecule has 114 valence electrons. The van der Waals surface area contributed by atoms with Crippen molar-refractivity contribution in [3.8, 4) is 0 Å². The van der Waals surface area contributed by atoms with Crippen LogP contribution in [0.25, 0.3) is 0 Å². The van der Waals surface area contributed by atoms with Crippen LogP contribution >= 0.6 is 0 Å². The molecule has 21 heavy (non-hydrogen) atoms. The number of rotatable bonds is 4. The van der Waals surface area contributed by atoms with E-state index < -0.39 is 0 Å². The van der Waals surface area contributed by atoms with Crippen molar-refractivity contribution in [3.05, 3.63) is 33.9 Å². The average molecular weight is 289 g/mol. The third kappa shape index (κ3) is 2.75. The predicted molar refractivity (Wildman–Crippen MR) is 83.4 cm³/mol. The Morgan fingerprint density at radius 2 is 2.14 bits per heavy atom. The molecule has 5 heteroatoms. The standard InChI is InChI=1S/C16H23N3O2/c1-17-16-13(6-4-8-15(16)19(20)21)11-18-10-9-12-5-2-3-7-14(12)18/h4,6,8,12,14,17H,2-3,5,7,9-11H2,1H3. The number of nitrogens with zero attached hydrogens (tertiary/aromatic N) is 2. The van der Waals surface area contributed by atoms with Gasteiger partial charge in [-0.05, 0) is 37.3 Å². The monoisotopic (exact) mass is 289 g/mol. The SMILES string of the molecule is CNc1c(CN2CCC3CCCCC32)cccc1[N+](=O)[O-]. The van der Waals surface area contributed by atoms with E-state index in [1.54, 1.807) is 19.2 Å². The van der Waals surface area contributed by atoms with Crippen LogP contribution in [-0.4, -0.2) is 29.5 Å². The number of benzene rings is 1. The minimum Gasteiger partial charge on any atom is -0.382 e. The van der Waals surface area contributed by atoms with Crippen molar-refractivity contribution in [1.29, 1.82) is 0 Å². The van der Waals surface area contributed by atoms with E-state index in [1.165, 1.54) is 32.1 Å². The van der Waals surface area contributed by atoms with Crippen molar-refractivity contribution >= 4 is 11.4 Å². The summed E-state index contributed by atoms with van der Waals surface area (Å²) in [6.07, 6.45) is 6.62. The molecule has 0 amide bonds. The first-order chi connectivity index (χ1) is 10.2. The quantitative estimate of drug-likeness (QED) is 0.681. The highest BCUT2D eigenvalue weighted by Crippen LogP contribution is 2.38. The van der Waals surface area contributed by atoms with Crippen LogP contribution < -0.4 is 5.32 Å². The fourth-order valence-corrected chi connectivity index (χ4v) is 4.08. The Labute approximate surface area is 125 Å². The summed E-state index contributed by atoms with van der Waals surface area (Å²) in [6.45, 7) is 1.94. The molecule has 1 aliphatic carbocycles. The lowest BCUT2D eigenvalue weighted by Gasteiger charge is -2.32. The predicted octanol–water partition coefficient (Wildman–Crippen LogP) is 3.40. The van der Waals surface area contributed by atoms with E-state index in [4.69, 9.17) is 0 Å². The maximum absolute atomic E-state index is 11.2. The van der Waals surface area contributed by atoms with Crippen molar-refractivity contribution in [2.24, 2.45) is 5.92 Å². The minimum absolute atomic E-state index is 0.175. The normalized spacial score (nSPS) is 25.6. The van der Waals surface area contributed by atoms with Gasteiger partial charge in [0.05, 0.1) is 4.92 Å². The van der Waals surface area contributed by atoms with Crippen molar-refractivity contribution in [3.63, 3.8) is 0 Å². The van der Waals surface area contributed by atoms with E-state index in [1.807, 2.05) is 6.07 Å². The summed E-state index contributed by atoms with van der Waals surface area (Å²) in [5.74, 6) is 0.843. The van der Waals surface area contributed by atoms with Crippen LogP contribution in [-0.2, 0) is 6.54 Å². The van der Waals surface area contributed by atoms with Crippen molar-refractivity contribution in [1.82, 2.24) is 4.90 Å². The van der Waals surface area contributed by atoms with Gasteiger partial charge in [0.1, 0.15) is 5.69 Å². The number of fused-ring (bicyclic) bond motifs is 1. The van der Waals surface area contributed by atoms with E-state index in [0.717, 1.165) is 24.6 Å². The summed E-state index contributed by atoms with van der Waals surface area (Å²) >= 11 is 0. The topological polar surface area (TPSA) is 58.4 Å². The molecule has 0 radical (unpaired) electrons. The zero-order chi connectivity index (χ0) is 14.8. The highest BCUT2D eigenvalue weighted by atomic mass is 16.6. The Morgan fingerprint density at radius 1 is 1.33 bits per heavy atom. The number of anilines is 1. The van der Waals surface area contributed by atoms with Gasteiger partial charge in [-0.15, -0.1) is 0 Å². The number of nitrogens with one attached hydrogen (secondary N) is 1. The average Bonchev–Trinajstić information content (AvgIpc) is 2.90. The van der Waals surface area contributed by atoms with Crippen molar-refractivity contribution < 1.29 is 4.92 Å². The maximum atomic E-state index is 11.2. The molecule has 2 atom stereocenters. The molecule has 2 fully saturated rings. The number of hydrogen-bond acceptors (Lipinski definition) is 4. The van der Waals surface area contributed by atoms with Gasteiger partial charge in [0, 0.05) is 25.7 Å². The van der Waals surface area contributed by atoms with E-state index in [0.29, 0.717) is 11.7 Å². The van der Waals surface area contributed by atoms with Gasteiger partial charge >= 0.3 is 0 Å². The summed E-state index contributed by atoms with van der Waals surface area (Å²) in [6, 6.07) is 6.06. The smallest absolute Gasteiger partial charge is 0.292 e. The second kappa shape index (κ2) is 6.02. The van der Waals surface area contributed by atoms with Crippen LogP contribution in [0, 0.1) is 16.0 Å². The molecule has 1 N–H and O–H groups in total. The molecule has 3 rings (SSSR count). The molecule has 1 saturated carbocycles. The number of likely N-dealkylation sites (tertiary alicyclic amines) is 1. The number of para-hydroxylation sites is 1. The van der Waals surface area contributed by atoms with E-state index in [2.05, 4.69) is 10.2 Å². The summed E-state index contributed by atoms with van der Waals surface area (Å²) in [4.78, 5) is 13.4. The summed E-state index contributed by atoms with van der Waals surface area (Å²) < 4.78 is 0. The maximum Gasteiger partial charge on any atom is 0.292 e. The van der Waals surface area contributed by atoms with Gasteiger partial charge in [-0.2, -0.15) is 0 Å². The Kier molecular flexibility index (Phi) is 4.10. The molecule has 0 aromatic heterocycles. The highest BCUT2D eigenvalue weighted by molar-refractivity contribution is 5.66. The van der Waals surface area contributed by atoms with Gasteiger partial charge in [-0.25, -0.2) is 0 Å². The lowest BCUT2D eigenvalue weighted by Crippen LogP contribution is -2.34. The van der Waals surface area contributed by atoms with Gasteiger partial charge < -0.3 is 5.32 Å². The molecule has 0 bridgehead atoms. The fraction of sp³-hybridized carbons (Fsp3) is 0.625. The van der Waals surface area contributed by atoms with E-state index >= 15 is 0 Å². The van der Waals surface area contributed by atoms with Crippen molar-refractivity contribution in [2.45, 2.75) is 44.7 Å². The number of nitro benzene ring substituents is 1. The van der Waals surface area contributed by atoms with Crippen LogP contribution in [0.5, 0.6) is 0 Å².